The van der Waals surface area contributed by atoms with Gasteiger partial charge in [0.05, 0.1) is 17.7 Å². The molecule has 0 amide bonds. The van der Waals surface area contributed by atoms with E-state index in [4.69, 9.17) is 14.0 Å². The van der Waals surface area contributed by atoms with Crippen LogP contribution in [-0.4, -0.2) is 22.8 Å². The van der Waals surface area contributed by atoms with Crippen molar-refractivity contribution in [2.24, 2.45) is 5.16 Å². The summed E-state index contributed by atoms with van der Waals surface area (Å²) in [5.41, 5.74) is 1.72. The quantitative estimate of drug-likeness (QED) is 0.637. The molecule has 1 aliphatic rings. The van der Waals surface area contributed by atoms with E-state index in [0.717, 1.165) is 5.01 Å². The number of benzene rings is 1. The Morgan fingerprint density at radius 2 is 2.27 bits per heavy atom. The van der Waals surface area contributed by atoms with Crippen molar-refractivity contribution in [2.45, 2.75) is 19.1 Å². The molecule has 0 spiro atoms. The van der Waals surface area contributed by atoms with Gasteiger partial charge < -0.3 is 14.0 Å². The Morgan fingerprint density at radius 3 is 3.08 bits per heavy atom. The molecule has 0 saturated heterocycles. The zero-order chi connectivity index (χ0) is 17.9. The number of hydrogen-bond acceptors (Lipinski definition) is 7. The number of aromatic nitrogens is 1. The number of rotatable bonds is 5. The Bertz CT molecular complexity index is 952. The molecule has 2 aromatic heterocycles. The third-order valence-corrected chi connectivity index (χ3v) is 4.64. The molecule has 0 radical (unpaired) electrons. The van der Waals surface area contributed by atoms with Crippen molar-refractivity contribution in [3.8, 4) is 10.8 Å². The minimum Gasteiger partial charge on any atom is -0.462 e. The van der Waals surface area contributed by atoms with Crippen molar-refractivity contribution in [1.29, 1.82) is 0 Å². The lowest BCUT2D eigenvalue weighted by atomic mass is 10.1. The minimum atomic E-state index is -0.837. The Labute approximate surface area is 151 Å². The summed E-state index contributed by atoms with van der Waals surface area (Å²) in [6, 6.07) is 9.58. The van der Waals surface area contributed by atoms with E-state index in [1.54, 1.807) is 29.8 Å². The van der Waals surface area contributed by atoms with E-state index in [2.05, 4.69) is 10.1 Å². The van der Waals surface area contributed by atoms with Crippen LogP contribution >= 0.6 is 11.3 Å². The molecule has 3 heterocycles. The summed E-state index contributed by atoms with van der Waals surface area (Å²) >= 11 is 1.40. The van der Waals surface area contributed by atoms with E-state index in [1.165, 1.54) is 23.5 Å². The number of carbonyl (C=O) groups is 1. The van der Waals surface area contributed by atoms with Gasteiger partial charge in [-0.15, -0.1) is 11.3 Å². The maximum atomic E-state index is 13.3. The topological polar surface area (TPSA) is 73.9 Å². The molecular weight excluding hydrogens is 359 g/mol. The van der Waals surface area contributed by atoms with Gasteiger partial charge in [0.25, 0.3) is 0 Å². The number of thiazole rings is 1. The molecule has 0 saturated carbocycles. The highest BCUT2D eigenvalue weighted by Crippen LogP contribution is 2.24. The van der Waals surface area contributed by atoms with Gasteiger partial charge >= 0.3 is 5.97 Å². The van der Waals surface area contributed by atoms with Crippen LogP contribution in [0.5, 0.6) is 0 Å². The number of ether oxygens (including phenoxy) is 1. The van der Waals surface area contributed by atoms with E-state index in [0.29, 0.717) is 22.7 Å². The summed E-state index contributed by atoms with van der Waals surface area (Å²) in [6.45, 7) is 0.0329. The van der Waals surface area contributed by atoms with Gasteiger partial charge in [-0.05, 0) is 24.3 Å². The molecule has 132 valence electrons. The molecule has 1 atom stereocenters. The van der Waals surface area contributed by atoms with Crippen molar-refractivity contribution >= 4 is 23.0 Å². The molecule has 1 unspecified atom stereocenters. The molecule has 1 aliphatic heterocycles. The SMILES string of the molecule is O=C(OCc1csc(-c2ccco2)n1)C1CC(c2cccc(F)c2)=NO1. The molecule has 0 fully saturated rings. The molecular formula is C18H13FN2O4S. The van der Waals surface area contributed by atoms with Crippen LogP contribution in [0, 0.1) is 5.82 Å². The standard InChI is InChI=1S/C18H13FN2O4S/c19-12-4-1-3-11(7-12)14-8-16(25-21-14)18(22)24-9-13-10-26-17(20-13)15-5-2-6-23-15/h1-7,10,16H,8-9H2. The fraction of sp³-hybridized carbons (Fsp3) is 0.167. The van der Waals surface area contributed by atoms with E-state index >= 15 is 0 Å². The van der Waals surface area contributed by atoms with E-state index in [9.17, 15) is 9.18 Å². The van der Waals surface area contributed by atoms with Crippen LogP contribution in [0.1, 0.15) is 17.7 Å². The van der Waals surface area contributed by atoms with Gasteiger partial charge in [0.1, 0.15) is 12.4 Å². The third kappa shape index (κ3) is 3.50. The molecule has 0 aliphatic carbocycles. The fourth-order valence-electron chi connectivity index (χ4n) is 2.47. The first kappa shape index (κ1) is 16.5. The van der Waals surface area contributed by atoms with Gasteiger partial charge in [-0.25, -0.2) is 14.2 Å². The summed E-state index contributed by atoms with van der Waals surface area (Å²) in [7, 11) is 0. The highest BCUT2D eigenvalue weighted by atomic mass is 32.1. The number of esters is 1. The summed E-state index contributed by atoms with van der Waals surface area (Å²) in [4.78, 5) is 21.7. The van der Waals surface area contributed by atoms with Gasteiger partial charge in [0.15, 0.2) is 10.8 Å². The predicted molar refractivity (Wildman–Crippen MR) is 92.0 cm³/mol. The number of carbonyl (C=O) groups excluding carboxylic acids is 1. The second-order valence-electron chi connectivity index (χ2n) is 5.58. The van der Waals surface area contributed by atoms with Gasteiger partial charge in [-0.1, -0.05) is 17.3 Å². The van der Waals surface area contributed by atoms with Gasteiger partial charge in [-0.3, -0.25) is 0 Å². The fourth-order valence-corrected chi connectivity index (χ4v) is 3.24. The number of hydrogen-bond donors (Lipinski definition) is 0. The molecule has 4 rings (SSSR count). The minimum absolute atomic E-state index is 0.0329. The molecule has 0 bridgehead atoms. The normalized spacial score (nSPS) is 16.2. The number of furan rings is 1. The average molecular weight is 372 g/mol. The highest BCUT2D eigenvalue weighted by molar-refractivity contribution is 7.13. The van der Waals surface area contributed by atoms with E-state index < -0.39 is 12.1 Å². The average Bonchev–Trinajstić information content (AvgIpc) is 3.40. The van der Waals surface area contributed by atoms with Gasteiger partial charge in [0.2, 0.25) is 6.10 Å². The van der Waals surface area contributed by atoms with E-state index in [-0.39, 0.29) is 18.8 Å². The lowest BCUT2D eigenvalue weighted by molar-refractivity contribution is -0.156. The van der Waals surface area contributed by atoms with Crippen molar-refractivity contribution in [1.82, 2.24) is 4.98 Å². The first-order valence-electron chi connectivity index (χ1n) is 7.82. The van der Waals surface area contributed by atoms with Crippen LogP contribution in [0.3, 0.4) is 0 Å². The lowest BCUT2D eigenvalue weighted by Gasteiger charge is -2.07. The zero-order valence-electron chi connectivity index (χ0n) is 13.4. The first-order valence-corrected chi connectivity index (χ1v) is 8.70. The van der Waals surface area contributed by atoms with Crippen LogP contribution in [-0.2, 0) is 21.0 Å². The summed E-state index contributed by atoms with van der Waals surface area (Å²) in [5, 5.41) is 6.38. The van der Waals surface area contributed by atoms with E-state index in [1.807, 2.05) is 6.07 Å². The van der Waals surface area contributed by atoms with Crippen molar-refractivity contribution in [3.05, 3.63) is 65.1 Å². The smallest absolute Gasteiger partial charge is 0.351 e. The summed E-state index contributed by atoms with van der Waals surface area (Å²) < 4.78 is 23.8. The predicted octanol–water partition coefficient (Wildman–Crippen LogP) is 3.78. The molecule has 1 aromatic carbocycles. The van der Waals surface area contributed by atoms with Crippen molar-refractivity contribution < 1.29 is 23.2 Å². The number of halogens is 1. The van der Waals surface area contributed by atoms with Gasteiger partial charge in [0, 0.05) is 17.4 Å². The Hall–Kier alpha value is -3.00. The first-order chi connectivity index (χ1) is 12.7. The highest BCUT2D eigenvalue weighted by Gasteiger charge is 2.30. The monoisotopic (exact) mass is 372 g/mol. The Balaban J connectivity index is 1.32. The maximum Gasteiger partial charge on any atom is 0.351 e. The van der Waals surface area contributed by atoms with Gasteiger partial charge in [-0.2, -0.15) is 0 Å². The lowest BCUT2D eigenvalue weighted by Crippen LogP contribution is -2.23. The molecule has 6 nitrogen and oxygen atoms in total. The van der Waals surface area contributed by atoms with Crippen molar-refractivity contribution in [3.63, 3.8) is 0 Å². The zero-order valence-corrected chi connectivity index (χ0v) is 14.2. The second kappa shape index (κ2) is 7.09. The van der Waals surface area contributed by atoms with Crippen LogP contribution in [0.15, 0.2) is 57.6 Å². The second-order valence-corrected chi connectivity index (χ2v) is 6.43. The largest absolute Gasteiger partial charge is 0.462 e. The summed E-state index contributed by atoms with van der Waals surface area (Å²) in [6.07, 6.45) is 0.970. The number of oxime groups is 1. The Kier molecular flexibility index (Phi) is 4.49. The maximum absolute atomic E-state index is 13.3. The van der Waals surface area contributed by atoms with Crippen molar-refractivity contribution in [2.75, 3.05) is 0 Å². The Morgan fingerprint density at radius 1 is 1.35 bits per heavy atom. The van der Waals surface area contributed by atoms with Crippen LogP contribution in [0.4, 0.5) is 4.39 Å². The molecule has 3 aromatic rings. The van der Waals surface area contributed by atoms with Crippen LogP contribution < -0.4 is 0 Å². The van der Waals surface area contributed by atoms with Crippen LogP contribution in [0.25, 0.3) is 10.8 Å². The third-order valence-electron chi connectivity index (χ3n) is 3.74. The van der Waals surface area contributed by atoms with Crippen LogP contribution in [0.2, 0.25) is 0 Å². The molecule has 0 N–H and O–H groups in total. The number of nitrogens with zero attached hydrogens (tertiary/aromatic N) is 2. The molecule has 26 heavy (non-hydrogen) atoms. The molecule has 8 heteroatoms. The summed E-state index contributed by atoms with van der Waals surface area (Å²) in [5.74, 6) is -0.236.